The van der Waals surface area contributed by atoms with E-state index in [4.69, 9.17) is 9.47 Å². The Morgan fingerprint density at radius 3 is 2.70 bits per heavy atom. The van der Waals surface area contributed by atoms with Gasteiger partial charge in [-0.25, -0.2) is 0 Å². The number of ether oxygens (including phenoxy) is 2. The van der Waals surface area contributed by atoms with Gasteiger partial charge in [0.2, 0.25) is 5.56 Å². The molecule has 2 N–H and O–H groups in total. The Balaban J connectivity index is 1.20. The van der Waals surface area contributed by atoms with Crippen molar-refractivity contribution >= 4 is 34.9 Å². The molecule has 0 spiro atoms. The number of aromatic amines is 1. The number of fused-ring (bicyclic) bond motifs is 2. The molecule has 0 saturated carbocycles. The highest BCUT2D eigenvalue weighted by Gasteiger charge is 2.23. The highest BCUT2D eigenvalue weighted by atomic mass is 32.2. The van der Waals surface area contributed by atoms with Crippen LogP contribution in [0.2, 0.25) is 0 Å². The van der Waals surface area contributed by atoms with Crippen LogP contribution in [0.3, 0.4) is 0 Å². The molecule has 0 bridgehead atoms. The van der Waals surface area contributed by atoms with Gasteiger partial charge in [0, 0.05) is 81.4 Å². The van der Waals surface area contributed by atoms with Crippen molar-refractivity contribution in [2.24, 2.45) is 0 Å². The molecule has 194 valence electrons. The fraction of sp³-hybridized carbons (Fsp3) is 0.393. The second kappa shape index (κ2) is 11.1. The molecule has 37 heavy (non-hydrogen) atoms. The fourth-order valence-corrected chi connectivity index (χ4v) is 7.45. The number of hydrogen-bond acceptors (Lipinski definition) is 8. The summed E-state index contributed by atoms with van der Waals surface area (Å²) in [7, 11) is 0. The Morgan fingerprint density at radius 1 is 0.973 bits per heavy atom. The number of anilines is 2. The number of rotatable bonds is 6. The molecule has 2 fully saturated rings. The summed E-state index contributed by atoms with van der Waals surface area (Å²) in [4.78, 5) is 25.3. The first-order valence-electron chi connectivity index (χ1n) is 12.9. The maximum absolute atomic E-state index is 12.6. The smallest absolute Gasteiger partial charge is 0.250 e. The van der Waals surface area contributed by atoms with Gasteiger partial charge in [-0.05, 0) is 37.3 Å². The fourth-order valence-electron chi connectivity index (χ4n) is 5.04. The zero-order valence-corrected chi connectivity index (χ0v) is 22.6. The van der Waals surface area contributed by atoms with Crippen molar-refractivity contribution in [3.8, 4) is 11.3 Å². The molecular formula is C28H32N4O3S2. The third-order valence-corrected chi connectivity index (χ3v) is 9.68. The molecule has 3 aliphatic heterocycles. The van der Waals surface area contributed by atoms with E-state index in [1.54, 1.807) is 29.6 Å². The molecule has 0 amide bonds. The van der Waals surface area contributed by atoms with E-state index in [9.17, 15) is 4.79 Å². The van der Waals surface area contributed by atoms with Crippen LogP contribution in [0.4, 0.5) is 11.4 Å². The number of nitrogens with zero attached hydrogens (tertiary/aromatic N) is 2. The number of aromatic nitrogens is 1. The van der Waals surface area contributed by atoms with Gasteiger partial charge in [-0.1, -0.05) is 35.7 Å². The van der Waals surface area contributed by atoms with Gasteiger partial charge in [0.25, 0.3) is 0 Å². The SMILES string of the molecule is CC1COCCN1CCNc1ccc2c(c1)Sc1cccc(-c3cc(N4CCOCC4)cc(=O)[nH]3)c1S2. The van der Waals surface area contributed by atoms with E-state index in [2.05, 4.69) is 69.5 Å². The molecule has 0 aliphatic carbocycles. The summed E-state index contributed by atoms with van der Waals surface area (Å²) in [6.45, 7) is 9.77. The largest absolute Gasteiger partial charge is 0.384 e. The van der Waals surface area contributed by atoms with Gasteiger partial charge in [0.15, 0.2) is 0 Å². The second-order valence-electron chi connectivity index (χ2n) is 9.60. The number of benzene rings is 2. The first-order chi connectivity index (χ1) is 18.1. The summed E-state index contributed by atoms with van der Waals surface area (Å²) in [6.07, 6.45) is 0. The first kappa shape index (κ1) is 24.9. The number of nitrogens with one attached hydrogen (secondary N) is 2. The summed E-state index contributed by atoms with van der Waals surface area (Å²) in [5.41, 5.74) is 3.95. The van der Waals surface area contributed by atoms with Crippen molar-refractivity contribution < 1.29 is 9.47 Å². The summed E-state index contributed by atoms with van der Waals surface area (Å²) in [5, 5.41) is 3.61. The van der Waals surface area contributed by atoms with Crippen molar-refractivity contribution in [1.29, 1.82) is 0 Å². The predicted octanol–water partition coefficient (Wildman–Crippen LogP) is 4.63. The maximum atomic E-state index is 12.6. The summed E-state index contributed by atoms with van der Waals surface area (Å²) in [6, 6.07) is 17.3. The molecule has 0 radical (unpaired) electrons. The molecule has 2 aromatic carbocycles. The monoisotopic (exact) mass is 536 g/mol. The normalized spacial score (nSPS) is 19.8. The minimum absolute atomic E-state index is 0.0763. The van der Waals surface area contributed by atoms with Crippen molar-refractivity contribution in [2.75, 3.05) is 69.4 Å². The number of pyridine rings is 1. The molecule has 3 aromatic rings. The van der Waals surface area contributed by atoms with Crippen LogP contribution in [0, 0.1) is 0 Å². The average Bonchev–Trinajstić information content (AvgIpc) is 2.93. The number of hydrogen-bond donors (Lipinski definition) is 2. The maximum Gasteiger partial charge on any atom is 0.250 e. The van der Waals surface area contributed by atoms with E-state index >= 15 is 0 Å². The van der Waals surface area contributed by atoms with Crippen LogP contribution in [-0.2, 0) is 9.47 Å². The van der Waals surface area contributed by atoms with E-state index in [0.29, 0.717) is 19.3 Å². The molecule has 3 aliphatic rings. The van der Waals surface area contributed by atoms with Gasteiger partial charge in [0.1, 0.15) is 0 Å². The Hall–Kier alpha value is -2.43. The summed E-state index contributed by atoms with van der Waals surface area (Å²) in [5.74, 6) is 0. The van der Waals surface area contributed by atoms with Crippen molar-refractivity contribution in [1.82, 2.24) is 9.88 Å². The Labute approximate surface area is 225 Å². The Morgan fingerprint density at radius 2 is 1.84 bits per heavy atom. The standard InChI is InChI=1S/C28H32N4O3S2/c1-19-18-35-14-9-31(19)8-7-29-20-5-6-24-26(15-20)36-25-4-2-3-22(28(25)37-24)23-16-21(17-27(33)30-23)32-10-12-34-13-11-32/h2-6,15-17,19,29H,7-14,18H2,1H3,(H,30,33). The Bertz CT molecular complexity index is 1330. The quantitative estimate of drug-likeness (QED) is 0.370. The minimum Gasteiger partial charge on any atom is -0.384 e. The topological polar surface area (TPSA) is 69.8 Å². The molecule has 6 rings (SSSR count). The predicted molar refractivity (Wildman–Crippen MR) is 151 cm³/mol. The van der Waals surface area contributed by atoms with Crippen molar-refractivity contribution in [2.45, 2.75) is 32.5 Å². The van der Waals surface area contributed by atoms with Gasteiger partial charge in [-0.2, -0.15) is 0 Å². The van der Waals surface area contributed by atoms with Crippen LogP contribution in [0.5, 0.6) is 0 Å². The van der Waals surface area contributed by atoms with Crippen LogP contribution in [0.15, 0.2) is 72.9 Å². The molecule has 1 aromatic heterocycles. The molecule has 1 unspecified atom stereocenters. The first-order valence-corrected chi connectivity index (χ1v) is 14.5. The van der Waals surface area contributed by atoms with Crippen LogP contribution < -0.4 is 15.8 Å². The van der Waals surface area contributed by atoms with Gasteiger partial charge in [0.05, 0.1) is 32.1 Å². The highest BCUT2D eigenvalue weighted by molar-refractivity contribution is 8.05. The lowest BCUT2D eigenvalue weighted by Crippen LogP contribution is -2.45. The summed E-state index contributed by atoms with van der Waals surface area (Å²) < 4.78 is 11.0. The molecule has 4 heterocycles. The Kier molecular flexibility index (Phi) is 7.48. The van der Waals surface area contributed by atoms with Crippen molar-refractivity contribution in [3.05, 3.63) is 58.9 Å². The van der Waals surface area contributed by atoms with E-state index < -0.39 is 0 Å². The van der Waals surface area contributed by atoms with Gasteiger partial charge < -0.3 is 24.7 Å². The molecular weight excluding hydrogens is 504 g/mol. The van der Waals surface area contributed by atoms with Crippen LogP contribution in [0.1, 0.15) is 6.92 Å². The zero-order chi connectivity index (χ0) is 25.2. The molecule has 2 saturated heterocycles. The lowest BCUT2D eigenvalue weighted by atomic mass is 10.1. The van der Waals surface area contributed by atoms with E-state index in [1.165, 1.54) is 19.6 Å². The van der Waals surface area contributed by atoms with Crippen LogP contribution in [0.25, 0.3) is 11.3 Å². The second-order valence-corrected chi connectivity index (χ2v) is 11.7. The van der Waals surface area contributed by atoms with Gasteiger partial charge >= 0.3 is 0 Å². The van der Waals surface area contributed by atoms with E-state index in [-0.39, 0.29) is 5.56 Å². The average molecular weight is 537 g/mol. The van der Waals surface area contributed by atoms with Crippen molar-refractivity contribution in [3.63, 3.8) is 0 Å². The van der Waals surface area contributed by atoms with E-state index in [0.717, 1.165) is 68.6 Å². The van der Waals surface area contributed by atoms with Crippen LogP contribution >= 0.6 is 23.5 Å². The lowest BCUT2D eigenvalue weighted by Gasteiger charge is -2.33. The van der Waals surface area contributed by atoms with Gasteiger partial charge in [-0.3, -0.25) is 9.69 Å². The third-order valence-electron chi connectivity index (χ3n) is 7.08. The van der Waals surface area contributed by atoms with Crippen LogP contribution in [-0.4, -0.2) is 75.1 Å². The highest BCUT2D eigenvalue weighted by Crippen LogP contribution is 2.52. The number of H-pyrrole nitrogens is 1. The number of morpholine rings is 2. The minimum atomic E-state index is -0.0763. The third kappa shape index (κ3) is 5.56. The van der Waals surface area contributed by atoms with Gasteiger partial charge in [-0.15, -0.1) is 0 Å². The zero-order valence-electron chi connectivity index (χ0n) is 21.0. The molecule has 1 atom stereocenters. The lowest BCUT2D eigenvalue weighted by molar-refractivity contribution is 0.00181. The summed E-state index contributed by atoms with van der Waals surface area (Å²) >= 11 is 3.58. The molecule has 7 nitrogen and oxygen atoms in total. The molecule has 9 heteroatoms. The van der Waals surface area contributed by atoms with E-state index in [1.807, 2.05) is 0 Å².